The quantitative estimate of drug-likeness (QED) is 0.868. The highest BCUT2D eigenvalue weighted by atomic mass is 16.2. The van der Waals surface area contributed by atoms with E-state index in [2.05, 4.69) is 15.3 Å². The zero-order chi connectivity index (χ0) is 19.5. The number of rotatable bonds is 5. The van der Waals surface area contributed by atoms with E-state index in [9.17, 15) is 9.59 Å². The first-order chi connectivity index (χ1) is 13.6. The maximum absolute atomic E-state index is 12.5. The molecule has 2 aliphatic rings. The van der Waals surface area contributed by atoms with Crippen LogP contribution in [0.1, 0.15) is 60.4 Å². The molecule has 144 valence electrons. The van der Waals surface area contributed by atoms with Crippen molar-refractivity contribution in [3.63, 3.8) is 0 Å². The number of aryl methyl sites for hydroxylation is 2. The minimum atomic E-state index is -0.155. The molecule has 1 heterocycles. The molecule has 0 saturated heterocycles. The average Bonchev–Trinajstić information content (AvgIpc) is 3.07. The molecule has 1 amide bonds. The molecular formula is C23H25N3O2. The van der Waals surface area contributed by atoms with E-state index in [0.29, 0.717) is 30.8 Å². The van der Waals surface area contributed by atoms with Crippen molar-refractivity contribution in [1.82, 2.24) is 15.3 Å². The van der Waals surface area contributed by atoms with Gasteiger partial charge in [0.2, 0.25) is 5.91 Å². The van der Waals surface area contributed by atoms with Gasteiger partial charge in [0.15, 0.2) is 5.78 Å². The van der Waals surface area contributed by atoms with Gasteiger partial charge in [-0.2, -0.15) is 0 Å². The molecule has 0 aliphatic heterocycles. The SMILES string of the molecule is Cc1nc(CNC(=O)CC2=C(c3ccccc3)CCC2=O)nc2c1CCCC2. The second-order valence-corrected chi connectivity index (χ2v) is 7.56. The predicted octanol–water partition coefficient (Wildman–Crippen LogP) is 3.49. The summed E-state index contributed by atoms with van der Waals surface area (Å²) in [6, 6.07) is 9.86. The van der Waals surface area contributed by atoms with E-state index in [1.165, 1.54) is 12.0 Å². The van der Waals surface area contributed by atoms with E-state index in [1.54, 1.807) is 0 Å². The molecule has 0 fully saturated rings. The lowest BCUT2D eigenvalue weighted by atomic mass is 9.95. The molecule has 4 rings (SSSR count). The monoisotopic (exact) mass is 375 g/mol. The van der Waals surface area contributed by atoms with Crippen LogP contribution in [0.25, 0.3) is 5.57 Å². The number of fused-ring (bicyclic) bond motifs is 1. The van der Waals surface area contributed by atoms with E-state index in [1.807, 2.05) is 37.3 Å². The lowest BCUT2D eigenvalue weighted by Crippen LogP contribution is -2.26. The number of amides is 1. The molecule has 0 atom stereocenters. The normalized spacial score (nSPS) is 16.2. The number of Topliss-reactive ketones (excluding diaryl/α,β-unsaturated/α-hetero) is 1. The van der Waals surface area contributed by atoms with Crippen molar-refractivity contribution in [2.75, 3.05) is 0 Å². The van der Waals surface area contributed by atoms with E-state index in [0.717, 1.165) is 41.8 Å². The van der Waals surface area contributed by atoms with Gasteiger partial charge in [-0.15, -0.1) is 0 Å². The summed E-state index contributed by atoms with van der Waals surface area (Å²) in [6.45, 7) is 2.32. The Morgan fingerprint density at radius 1 is 1.04 bits per heavy atom. The van der Waals surface area contributed by atoms with Crippen LogP contribution in [0.4, 0.5) is 0 Å². The number of benzene rings is 1. The minimum absolute atomic E-state index is 0.0786. The van der Waals surface area contributed by atoms with Crippen molar-refractivity contribution < 1.29 is 9.59 Å². The van der Waals surface area contributed by atoms with Gasteiger partial charge in [-0.3, -0.25) is 9.59 Å². The number of aromatic nitrogens is 2. The van der Waals surface area contributed by atoms with Gasteiger partial charge in [0.25, 0.3) is 0 Å². The summed E-state index contributed by atoms with van der Waals surface area (Å²) in [7, 11) is 0. The van der Waals surface area contributed by atoms with Crippen molar-refractivity contribution in [3.05, 3.63) is 64.2 Å². The highest BCUT2D eigenvalue weighted by Gasteiger charge is 2.25. The van der Waals surface area contributed by atoms with E-state index in [-0.39, 0.29) is 18.1 Å². The van der Waals surface area contributed by atoms with Gasteiger partial charge < -0.3 is 5.32 Å². The lowest BCUT2D eigenvalue weighted by Gasteiger charge is -2.17. The highest BCUT2D eigenvalue weighted by Crippen LogP contribution is 2.33. The van der Waals surface area contributed by atoms with Crippen molar-refractivity contribution in [2.45, 2.75) is 58.4 Å². The van der Waals surface area contributed by atoms with Gasteiger partial charge >= 0.3 is 0 Å². The molecule has 5 heteroatoms. The Kier molecular flexibility index (Phi) is 5.33. The Bertz CT molecular complexity index is 948. The lowest BCUT2D eigenvalue weighted by molar-refractivity contribution is -0.122. The smallest absolute Gasteiger partial charge is 0.224 e. The largest absolute Gasteiger partial charge is 0.349 e. The molecule has 2 aromatic rings. The number of carbonyl (C=O) groups excluding carboxylic acids is 2. The number of allylic oxidation sites excluding steroid dienone is 1. The molecule has 0 saturated carbocycles. The topological polar surface area (TPSA) is 72.0 Å². The fourth-order valence-corrected chi connectivity index (χ4v) is 4.20. The Labute approximate surface area is 165 Å². The Balaban J connectivity index is 1.44. The highest BCUT2D eigenvalue weighted by molar-refractivity contribution is 6.10. The summed E-state index contributed by atoms with van der Waals surface area (Å²) in [5.41, 5.74) is 6.10. The second kappa shape index (κ2) is 8.05. The molecule has 0 bridgehead atoms. The number of nitrogens with zero attached hydrogens (tertiary/aromatic N) is 2. The maximum Gasteiger partial charge on any atom is 0.224 e. The molecule has 0 spiro atoms. The molecule has 5 nitrogen and oxygen atoms in total. The number of carbonyl (C=O) groups is 2. The van der Waals surface area contributed by atoms with Crippen LogP contribution in [0.2, 0.25) is 0 Å². The second-order valence-electron chi connectivity index (χ2n) is 7.56. The van der Waals surface area contributed by atoms with Crippen LogP contribution in [-0.2, 0) is 29.0 Å². The Hall–Kier alpha value is -2.82. The van der Waals surface area contributed by atoms with Crippen molar-refractivity contribution >= 4 is 17.3 Å². The fraction of sp³-hybridized carbons (Fsp3) is 0.391. The van der Waals surface area contributed by atoms with Crippen molar-refractivity contribution in [3.8, 4) is 0 Å². The van der Waals surface area contributed by atoms with Gasteiger partial charge in [-0.25, -0.2) is 9.97 Å². The minimum Gasteiger partial charge on any atom is -0.349 e. The number of hydrogen-bond donors (Lipinski definition) is 1. The summed E-state index contributed by atoms with van der Waals surface area (Å²) < 4.78 is 0. The molecule has 0 radical (unpaired) electrons. The van der Waals surface area contributed by atoms with Crippen LogP contribution in [0.15, 0.2) is 35.9 Å². The van der Waals surface area contributed by atoms with E-state index in [4.69, 9.17) is 0 Å². The van der Waals surface area contributed by atoms with E-state index >= 15 is 0 Å². The van der Waals surface area contributed by atoms with Crippen LogP contribution in [-0.4, -0.2) is 21.7 Å². The summed E-state index contributed by atoms with van der Waals surface area (Å²) in [4.78, 5) is 34.0. The molecule has 28 heavy (non-hydrogen) atoms. The van der Waals surface area contributed by atoms with Gasteiger partial charge in [0.05, 0.1) is 13.0 Å². The molecule has 1 aromatic carbocycles. The Morgan fingerprint density at radius 2 is 1.82 bits per heavy atom. The number of ketones is 1. The predicted molar refractivity (Wildman–Crippen MR) is 107 cm³/mol. The first-order valence-electron chi connectivity index (χ1n) is 10.0. The molecular weight excluding hydrogens is 350 g/mol. The third-order valence-corrected chi connectivity index (χ3v) is 5.64. The van der Waals surface area contributed by atoms with Crippen LogP contribution in [0, 0.1) is 6.92 Å². The molecule has 1 aromatic heterocycles. The molecule has 0 unspecified atom stereocenters. The van der Waals surface area contributed by atoms with Crippen LogP contribution in [0.5, 0.6) is 0 Å². The maximum atomic E-state index is 12.5. The van der Waals surface area contributed by atoms with Crippen LogP contribution in [0.3, 0.4) is 0 Å². The van der Waals surface area contributed by atoms with Crippen LogP contribution < -0.4 is 5.32 Å². The standard InChI is InChI=1S/C23H25N3O2/c1-15-17-9-5-6-10-20(17)26-22(25-15)14-24-23(28)13-19-18(11-12-21(19)27)16-7-3-2-4-8-16/h2-4,7-8H,5-6,9-14H2,1H3,(H,24,28). The van der Waals surface area contributed by atoms with Gasteiger partial charge in [0.1, 0.15) is 5.82 Å². The van der Waals surface area contributed by atoms with Crippen molar-refractivity contribution in [2.24, 2.45) is 0 Å². The molecule has 1 N–H and O–H groups in total. The summed E-state index contributed by atoms with van der Waals surface area (Å²) in [6.07, 6.45) is 5.70. The zero-order valence-electron chi connectivity index (χ0n) is 16.3. The first kappa shape index (κ1) is 18.5. The Morgan fingerprint density at radius 3 is 2.64 bits per heavy atom. The third-order valence-electron chi connectivity index (χ3n) is 5.64. The van der Waals surface area contributed by atoms with Crippen LogP contribution >= 0.6 is 0 Å². The van der Waals surface area contributed by atoms with Gasteiger partial charge in [-0.05, 0) is 55.7 Å². The van der Waals surface area contributed by atoms with Gasteiger partial charge in [-0.1, -0.05) is 30.3 Å². The van der Waals surface area contributed by atoms with E-state index < -0.39 is 0 Å². The number of hydrogen-bond acceptors (Lipinski definition) is 4. The average molecular weight is 375 g/mol. The van der Waals surface area contributed by atoms with Gasteiger partial charge in [0, 0.05) is 23.4 Å². The summed E-state index contributed by atoms with van der Waals surface area (Å²) >= 11 is 0. The molecule has 2 aliphatic carbocycles. The summed E-state index contributed by atoms with van der Waals surface area (Å²) in [5.74, 6) is 0.578. The number of nitrogens with one attached hydrogen (secondary N) is 1. The first-order valence-corrected chi connectivity index (χ1v) is 10.0. The third kappa shape index (κ3) is 3.88. The van der Waals surface area contributed by atoms with Crippen molar-refractivity contribution in [1.29, 1.82) is 0 Å². The fourth-order valence-electron chi connectivity index (χ4n) is 4.20. The zero-order valence-corrected chi connectivity index (χ0v) is 16.3. The summed E-state index contributed by atoms with van der Waals surface area (Å²) in [5, 5.41) is 2.90.